The lowest BCUT2D eigenvalue weighted by Gasteiger charge is -2.52. The molecule has 39 heavy (non-hydrogen) atoms. The molecule has 6 atom stereocenters. The highest BCUT2D eigenvalue weighted by Gasteiger charge is 2.69. The van der Waals surface area contributed by atoms with E-state index in [9.17, 15) is 34.2 Å². The van der Waals surface area contributed by atoms with Gasteiger partial charge >= 0.3 is 0 Å². The number of carbonyl (C=O) groups excluding carboxylic acids is 5. The van der Waals surface area contributed by atoms with Crippen LogP contribution in [0, 0.1) is 23.7 Å². The zero-order valence-electron chi connectivity index (χ0n) is 22.7. The van der Waals surface area contributed by atoms with Gasteiger partial charge in [-0.25, -0.2) is 0 Å². The summed E-state index contributed by atoms with van der Waals surface area (Å²) in [5.74, 6) is -9.52. The van der Waals surface area contributed by atoms with Gasteiger partial charge in [0.2, 0.25) is 5.91 Å². The minimum atomic E-state index is -2.67. The lowest BCUT2D eigenvalue weighted by atomic mass is 9.52. The molecule has 3 aliphatic carbocycles. The van der Waals surface area contributed by atoms with Crippen LogP contribution in [-0.4, -0.2) is 108 Å². The Morgan fingerprint density at radius 2 is 1.77 bits per heavy atom. The summed E-state index contributed by atoms with van der Waals surface area (Å²) in [6.07, 6.45) is 2.08. The summed E-state index contributed by atoms with van der Waals surface area (Å²) in [6, 6.07) is 2.57. The lowest BCUT2D eigenvalue weighted by Crippen LogP contribution is -2.74. The van der Waals surface area contributed by atoms with Crippen molar-refractivity contribution < 1.29 is 34.2 Å². The summed E-state index contributed by atoms with van der Waals surface area (Å²) in [4.78, 5) is 70.9. The quantitative estimate of drug-likeness (QED) is 0.294. The van der Waals surface area contributed by atoms with Gasteiger partial charge in [-0.2, -0.15) is 0 Å². The number of piperidine rings is 1. The van der Waals surface area contributed by atoms with Crippen molar-refractivity contribution in [2.75, 3.05) is 46.6 Å². The fourth-order valence-corrected chi connectivity index (χ4v) is 7.19. The number of ketones is 4. The van der Waals surface area contributed by atoms with Crippen LogP contribution >= 0.6 is 0 Å². The fraction of sp³-hybridized carbons (Fsp3) is 0.607. The topological polar surface area (TPSA) is 156 Å². The number of benzene rings is 1. The van der Waals surface area contributed by atoms with Crippen LogP contribution in [0.5, 0.6) is 5.75 Å². The molecule has 11 heteroatoms. The van der Waals surface area contributed by atoms with Crippen LogP contribution in [0.4, 0.5) is 5.69 Å². The van der Waals surface area contributed by atoms with Crippen LogP contribution in [0.1, 0.15) is 35.2 Å². The number of phenols is 1. The zero-order chi connectivity index (χ0) is 28.4. The first-order chi connectivity index (χ1) is 18.4. The number of carbonyl (C=O) groups is 5. The molecule has 1 heterocycles. The molecule has 5 rings (SSSR count). The van der Waals surface area contributed by atoms with E-state index < -0.39 is 64.4 Å². The monoisotopic (exact) mass is 540 g/mol. The molecule has 210 valence electrons. The third kappa shape index (κ3) is 4.09. The van der Waals surface area contributed by atoms with Gasteiger partial charge in [-0.3, -0.25) is 28.9 Å². The normalized spacial score (nSPS) is 33.4. The Bertz CT molecular complexity index is 1250. The SMILES string of the molecule is CNC(=O)C1C(=O)[C@@H](N(C)C)[C@@H]2C[C@@H]3Cc4ccc(NC5CCN(C)CC5)c(O)c4C(=O)C3C(=O)[C@]2(O)C1=O. The Morgan fingerprint density at radius 1 is 1.10 bits per heavy atom. The van der Waals surface area contributed by atoms with E-state index in [0.717, 1.165) is 25.9 Å². The smallest absolute Gasteiger partial charge is 0.238 e. The van der Waals surface area contributed by atoms with E-state index in [-0.39, 0.29) is 30.2 Å². The first kappa shape index (κ1) is 27.4. The van der Waals surface area contributed by atoms with Crippen LogP contribution in [0.25, 0.3) is 0 Å². The minimum Gasteiger partial charge on any atom is -0.505 e. The number of amides is 1. The molecule has 1 aliphatic heterocycles. The number of hydrogen-bond acceptors (Lipinski definition) is 10. The van der Waals surface area contributed by atoms with Crippen molar-refractivity contribution in [2.45, 2.75) is 43.4 Å². The largest absolute Gasteiger partial charge is 0.505 e. The maximum Gasteiger partial charge on any atom is 0.238 e. The van der Waals surface area contributed by atoms with Crippen LogP contribution in [0.2, 0.25) is 0 Å². The van der Waals surface area contributed by atoms with Gasteiger partial charge in [0.15, 0.2) is 34.7 Å². The molecule has 1 aromatic carbocycles. The van der Waals surface area contributed by atoms with Gasteiger partial charge in [0.05, 0.1) is 23.2 Å². The van der Waals surface area contributed by atoms with Gasteiger partial charge in [0.25, 0.3) is 0 Å². The van der Waals surface area contributed by atoms with Crippen molar-refractivity contribution in [1.82, 2.24) is 15.1 Å². The van der Waals surface area contributed by atoms with E-state index in [1.807, 2.05) is 7.05 Å². The maximum absolute atomic E-state index is 14.0. The van der Waals surface area contributed by atoms with E-state index in [0.29, 0.717) is 11.3 Å². The molecule has 2 saturated carbocycles. The number of nitrogens with one attached hydrogen (secondary N) is 2. The van der Waals surface area contributed by atoms with Crippen LogP contribution in [0.15, 0.2) is 12.1 Å². The van der Waals surface area contributed by atoms with Crippen molar-refractivity contribution in [1.29, 1.82) is 0 Å². The highest BCUT2D eigenvalue weighted by molar-refractivity contribution is 6.32. The van der Waals surface area contributed by atoms with Crippen molar-refractivity contribution in [3.63, 3.8) is 0 Å². The Kier molecular flexibility index (Phi) is 6.89. The van der Waals surface area contributed by atoms with Crippen molar-refractivity contribution in [3.05, 3.63) is 23.3 Å². The van der Waals surface area contributed by atoms with Gasteiger partial charge in [-0.05, 0) is 77.5 Å². The number of Topliss-reactive ketones (excluding diaryl/α,β-unsaturated/α-hetero) is 4. The lowest BCUT2D eigenvalue weighted by molar-refractivity contribution is -0.181. The number of aromatic hydroxyl groups is 1. The molecule has 0 bridgehead atoms. The summed E-state index contributed by atoms with van der Waals surface area (Å²) in [6.45, 7) is 1.81. The summed E-state index contributed by atoms with van der Waals surface area (Å²) in [5, 5.41) is 28.5. The molecule has 11 nitrogen and oxygen atoms in total. The molecular weight excluding hydrogens is 504 g/mol. The Morgan fingerprint density at radius 3 is 2.38 bits per heavy atom. The predicted molar refractivity (Wildman–Crippen MR) is 140 cm³/mol. The Hall–Kier alpha value is -3.15. The Labute approximate surface area is 226 Å². The molecule has 1 saturated heterocycles. The molecule has 4 aliphatic rings. The molecule has 4 N–H and O–H groups in total. The van der Waals surface area contributed by atoms with E-state index in [2.05, 4.69) is 15.5 Å². The number of nitrogens with zero attached hydrogens (tertiary/aromatic N) is 2. The molecule has 1 aromatic rings. The number of aliphatic hydroxyl groups is 1. The molecule has 3 fully saturated rings. The zero-order valence-corrected chi connectivity index (χ0v) is 22.7. The second-order valence-electron chi connectivity index (χ2n) is 11.7. The number of hydrogen-bond donors (Lipinski definition) is 4. The Balaban J connectivity index is 1.52. The van der Waals surface area contributed by atoms with Gasteiger partial charge in [-0.15, -0.1) is 0 Å². The van der Waals surface area contributed by atoms with Crippen LogP contribution in [0.3, 0.4) is 0 Å². The summed E-state index contributed by atoms with van der Waals surface area (Å²) in [5.41, 5.74) is -1.66. The number of anilines is 1. The van der Waals surface area contributed by atoms with Crippen molar-refractivity contribution in [2.24, 2.45) is 23.7 Å². The number of phenolic OH excluding ortho intramolecular Hbond substituents is 1. The third-order valence-corrected chi connectivity index (χ3v) is 9.24. The van der Waals surface area contributed by atoms with Gasteiger partial charge < -0.3 is 25.7 Å². The predicted octanol–water partition coefficient (Wildman–Crippen LogP) is -0.366. The molecular formula is C28H36N4O7. The van der Waals surface area contributed by atoms with Gasteiger partial charge in [-0.1, -0.05) is 6.07 Å². The summed E-state index contributed by atoms with van der Waals surface area (Å²) in [7, 11) is 6.50. The molecule has 1 amide bonds. The summed E-state index contributed by atoms with van der Waals surface area (Å²) < 4.78 is 0. The standard InChI is InChI=1S/C28H36N4O7/c1-29-27(38)20-24(35)21(31(2)3)16-12-14-11-13-5-6-17(30-15-7-9-32(4)10-8-15)22(33)18(13)23(34)19(14)25(36)28(16,39)26(20)37/h5-6,14-16,19-21,30,33,39H,7-12H2,1-4H3,(H,29,38)/t14-,16-,19?,20?,21-,28-/m0/s1. The van der Waals surface area contributed by atoms with Crippen molar-refractivity contribution in [3.8, 4) is 5.75 Å². The first-order valence-electron chi connectivity index (χ1n) is 13.5. The van der Waals surface area contributed by atoms with Crippen LogP contribution in [-0.2, 0) is 25.6 Å². The second-order valence-corrected chi connectivity index (χ2v) is 11.7. The third-order valence-electron chi connectivity index (χ3n) is 9.24. The number of likely N-dealkylation sites (N-methyl/N-ethyl adjacent to an activating group) is 1. The highest BCUT2D eigenvalue weighted by atomic mass is 16.3. The van der Waals surface area contributed by atoms with Crippen LogP contribution < -0.4 is 10.6 Å². The first-order valence-corrected chi connectivity index (χ1v) is 13.5. The average Bonchev–Trinajstić information content (AvgIpc) is 2.88. The van der Waals surface area contributed by atoms with E-state index in [1.165, 1.54) is 11.9 Å². The fourth-order valence-electron chi connectivity index (χ4n) is 7.19. The van der Waals surface area contributed by atoms with Gasteiger partial charge in [0.1, 0.15) is 5.75 Å². The number of fused-ring (bicyclic) bond motifs is 3. The van der Waals surface area contributed by atoms with E-state index in [1.54, 1.807) is 26.2 Å². The molecule has 0 spiro atoms. The van der Waals surface area contributed by atoms with E-state index >= 15 is 0 Å². The van der Waals surface area contributed by atoms with Crippen molar-refractivity contribution >= 4 is 34.7 Å². The number of rotatable bonds is 4. The molecule has 2 unspecified atom stereocenters. The highest BCUT2D eigenvalue weighted by Crippen LogP contribution is 2.51. The minimum absolute atomic E-state index is 0.0240. The molecule has 0 aromatic heterocycles. The summed E-state index contributed by atoms with van der Waals surface area (Å²) >= 11 is 0. The maximum atomic E-state index is 14.0. The average molecular weight is 541 g/mol. The van der Waals surface area contributed by atoms with Gasteiger partial charge in [0, 0.05) is 19.0 Å². The van der Waals surface area contributed by atoms with E-state index in [4.69, 9.17) is 0 Å². The number of likely N-dealkylation sites (tertiary alicyclic amines) is 1. The second kappa shape index (κ2) is 9.79. The molecule has 0 radical (unpaired) electrons.